The highest BCUT2D eigenvalue weighted by Crippen LogP contribution is 1.99. The Balaban J connectivity index is 3.81. The van der Waals surface area contributed by atoms with E-state index in [9.17, 15) is 0 Å². The number of rotatable bonds is 3. The van der Waals surface area contributed by atoms with Crippen molar-refractivity contribution in [1.82, 2.24) is 0 Å². The van der Waals surface area contributed by atoms with Gasteiger partial charge >= 0.3 is 0 Å². The van der Waals surface area contributed by atoms with Gasteiger partial charge < -0.3 is 10.2 Å². The third kappa shape index (κ3) is 2.44. The van der Waals surface area contributed by atoms with E-state index in [4.69, 9.17) is 21.9 Å². The highest BCUT2D eigenvalue weighted by atomic mass is 17.1. The molecule has 4 nitrogen and oxygen atoms in total. The summed E-state index contributed by atoms with van der Waals surface area (Å²) < 4.78 is 0. The zero-order chi connectivity index (χ0) is 7.33. The molecule has 0 aliphatic carbocycles. The summed E-state index contributed by atoms with van der Waals surface area (Å²) in [4.78, 5) is 3.54. The van der Waals surface area contributed by atoms with E-state index in [2.05, 4.69) is 4.89 Å². The van der Waals surface area contributed by atoms with Crippen molar-refractivity contribution in [2.75, 3.05) is 13.2 Å². The Morgan fingerprint density at radius 3 is 2.33 bits per heavy atom. The van der Waals surface area contributed by atoms with Crippen LogP contribution in [-0.2, 0) is 4.89 Å². The van der Waals surface area contributed by atoms with E-state index in [0.29, 0.717) is 0 Å². The Hall–Kier alpha value is -0.600. The van der Waals surface area contributed by atoms with Crippen LogP contribution < -0.4 is 0 Å². The summed E-state index contributed by atoms with van der Waals surface area (Å²) >= 11 is 0. The first kappa shape index (κ1) is 8.40. The van der Waals surface area contributed by atoms with Gasteiger partial charge in [-0.05, 0) is 0 Å². The van der Waals surface area contributed by atoms with Gasteiger partial charge in [-0.1, -0.05) is 5.92 Å². The highest BCUT2D eigenvalue weighted by molar-refractivity contribution is 5.06. The van der Waals surface area contributed by atoms with Gasteiger partial charge in [-0.2, -0.15) is 0 Å². The fourth-order valence-corrected chi connectivity index (χ4v) is 0.240. The molecule has 0 spiro atoms. The SMILES string of the molecule is C#C[C@](O)(CO)COO. The van der Waals surface area contributed by atoms with Crippen LogP contribution in [0, 0.1) is 12.3 Å². The molecule has 0 saturated heterocycles. The minimum absolute atomic E-state index is 0.486. The Labute approximate surface area is 52.6 Å². The van der Waals surface area contributed by atoms with Crippen LogP contribution in [0.2, 0.25) is 0 Å². The lowest BCUT2D eigenvalue weighted by atomic mass is 10.1. The van der Waals surface area contributed by atoms with E-state index < -0.39 is 18.8 Å². The topological polar surface area (TPSA) is 69.9 Å². The lowest BCUT2D eigenvalue weighted by molar-refractivity contribution is -0.268. The largest absolute Gasteiger partial charge is 0.392 e. The molecule has 9 heavy (non-hydrogen) atoms. The highest BCUT2D eigenvalue weighted by Gasteiger charge is 2.22. The molecular formula is C5H8O4. The van der Waals surface area contributed by atoms with Crippen LogP contribution in [0.4, 0.5) is 0 Å². The average Bonchev–Trinajstić information content (AvgIpc) is 1.89. The van der Waals surface area contributed by atoms with Crippen molar-refractivity contribution in [3.8, 4) is 12.3 Å². The molecule has 0 amide bonds. The molecule has 4 heteroatoms. The normalized spacial score (nSPS) is 16.2. The van der Waals surface area contributed by atoms with Crippen LogP contribution in [0.25, 0.3) is 0 Å². The maximum Gasteiger partial charge on any atom is 0.174 e. The van der Waals surface area contributed by atoms with Gasteiger partial charge in [0, 0.05) is 0 Å². The Kier molecular flexibility index (Phi) is 3.20. The van der Waals surface area contributed by atoms with E-state index in [1.807, 2.05) is 5.92 Å². The van der Waals surface area contributed by atoms with Crippen LogP contribution >= 0.6 is 0 Å². The molecule has 0 unspecified atom stereocenters. The molecule has 0 aliphatic rings. The molecule has 0 radical (unpaired) electrons. The number of hydrogen-bond acceptors (Lipinski definition) is 4. The van der Waals surface area contributed by atoms with Crippen LogP contribution in [0.15, 0.2) is 0 Å². The summed E-state index contributed by atoms with van der Waals surface area (Å²) in [5, 5.41) is 25.0. The monoisotopic (exact) mass is 132 g/mol. The molecule has 0 aliphatic heterocycles. The molecule has 0 aromatic rings. The maximum atomic E-state index is 8.86. The van der Waals surface area contributed by atoms with Crippen molar-refractivity contribution in [3.05, 3.63) is 0 Å². The van der Waals surface area contributed by atoms with E-state index >= 15 is 0 Å². The lowest BCUT2D eigenvalue weighted by Crippen LogP contribution is -2.36. The summed E-state index contributed by atoms with van der Waals surface area (Å²) in [7, 11) is 0. The number of aliphatic hydroxyl groups excluding tert-OH is 1. The van der Waals surface area contributed by atoms with Crippen LogP contribution in [-0.4, -0.2) is 34.3 Å². The third-order valence-electron chi connectivity index (χ3n) is 0.834. The molecule has 52 valence electrons. The zero-order valence-electron chi connectivity index (χ0n) is 4.74. The van der Waals surface area contributed by atoms with Crippen molar-refractivity contribution >= 4 is 0 Å². The minimum atomic E-state index is -1.76. The second kappa shape index (κ2) is 3.43. The summed E-state index contributed by atoms with van der Waals surface area (Å²) in [5.74, 6) is 1.85. The molecule has 1 atom stereocenters. The quantitative estimate of drug-likeness (QED) is 0.257. The first-order valence-electron chi connectivity index (χ1n) is 2.26. The average molecular weight is 132 g/mol. The fourth-order valence-electron chi connectivity index (χ4n) is 0.240. The second-order valence-corrected chi connectivity index (χ2v) is 1.61. The molecular weight excluding hydrogens is 124 g/mol. The predicted octanol–water partition coefficient (Wildman–Crippen LogP) is -1.17. The summed E-state index contributed by atoms with van der Waals surface area (Å²) in [6, 6.07) is 0. The zero-order valence-corrected chi connectivity index (χ0v) is 4.74. The van der Waals surface area contributed by atoms with E-state index in [-0.39, 0.29) is 0 Å². The van der Waals surface area contributed by atoms with Crippen molar-refractivity contribution < 1.29 is 20.4 Å². The van der Waals surface area contributed by atoms with Gasteiger partial charge in [0.25, 0.3) is 0 Å². The van der Waals surface area contributed by atoms with E-state index in [1.54, 1.807) is 0 Å². The smallest absolute Gasteiger partial charge is 0.174 e. The van der Waals surface area contributed by atoms with Crippen LogP contribution in [0.5, 0.6) is 0 Å². The van der Waals surface area contributed by atoms with Crippen molar-refractivity contribution in [1.29, 1.82) is 0 Å². The predicted molar refractivity (Wildman–Crippen MR) is 29.4 cm³/mol. The molecule has 3 N–H and O–H groups in total. The fraction of sp³-hybridized carbons (Fsp3) is 0.600. The number of aliphatic hydroxyl groups is 2. The second-order valence-electron chi connectivity index (χ2n) is 1.61. The molecule has 0 heterocycles. The van der Waals surface area contributed by atoms with Crippen molar-refractivity contribution in [2.24, 2.45) is 0 Å². The van der Waals surface area contributed by atoms with Crippen LogP contribution in [0.1, 0.15) is 0 Å². The van der Waals surface area contributed by atoms with Gasteiger partial charge in [0.1, 0.15) is 6.61 Å². The van der Waals surface area contributed by atoms with Gasteiger partial charge in [-0.15, -0.1) is 6.42 Å². The van der Waals surface area contributed by atoms with Gasteiger partial charge in [0.15, 0.2) is 5.60 Å². The Bertz CT molecular complexity index is 117. The van der Waals surface area contributed by atoms with Gasteiger partial charge in [0.05, 0.1) is 6.61 Å². The molecule has 0 saturated carbocycles. The van der Waals surface area contributed by atoms with Crippen molar-refractivity contribution in [2.45, 2.75) is 5.60 Å². The maximum absolute atomic E-state index is 8.86. The Morgan fingerprint density at radius 2 is 2.22 bits per heavy atom. The number of hydrogen-bond donors (Lipinski definition) is 3. The minimum Gasteiger partial charge on any atom is -0.392 e. The molecule has 0 bridgehead atoms. The van der Waals surface area contributed by atoms with Crippen LogP contribution in [0.3, 0.4) is 0 Å². The number of terminal acetylenes is 1. The first-order chi connectivity index (χ1) is 4.18. The van der Waals surface area contributed by atoms with Gasteiger partial charge in [-0.25, -0.2) is 4.89 Å². The molecule has 0 rings (SSSR count). The summed E-state index contributed by atoms with van der Waals surface area (Å²) in [6.45, 7) is -1.12. The lowest BCUT2D eigenvalue weighted by Gasteiger charge is -2.15. The molecule has 0 aromatic heterocycles. The summed E-state index contributed by atoms with van der Waals surface area (Å²) in [5.41, 5.74) is -1.76. The molecule has 0 aromatic carbocycles. The van der Waals surface area contributed by atoms with E-state index in [1.165, 1.54) is 0 Å². The van der Waals surface area contributed by atoms with Crippen molar-refractivity contribution in [3.63, 3.8) is 0 Å². The first-order valence-corrected chi connectivity index (χ1v) is 2.26. The Morgan fingerprint density at radius 1 is 1.67 bits per heavy atom. The van der Waals surface area contributed by atoms with Gasteiger partial charge in [-0.3, -0.25) is 5.26 Å². The third-order valence-corrected chi connectivity index (χ3v) is 0.834. The standard InChI is InChI=1S/C5H8O4/c1-2-5(7,3-6)4-9-8/h1,6-8H,3-4H2/t5-/m0/s1. The summed E-state index contributed by atoms with van der Waals surface area (Å²) in [6.07, 6.45) is 4.75. The molecule has 0 fully saturated rings. The van der Waals surface area contributed by atoms with Gasteiger partial charge in [0.2, 0.25) is 0 Å². The van der Waals surface area contributed by atoms with E-state index in [0.717, 1.165) is 0 Å².